The molecule has 1 fully saturated rings. The van der Waals surface area contributed by atoms with Crippen molar-refractivity contribution in [2.75, 3.05) is 33.4 Å². The van der Waals surface area contributed by atoms with Crippen LogP contribution in [0, 0.1) is 5.41 Å². The number of thiophene rings is 1. The highest BCUT2D eigenvalue weighted by atomic mass is 32.1. The topological polar surface area (TPSA) is 71.5 Å². The molecule has 7 heteroatoms. The highest BCUT2D eigenvalue weighted by molar-refractivity contribution is 7.20. The van der Waals surface area contributed by atoms with E-state index in [1.54, 1.807) is 13.3 Å². The van der Waals surface area contributed by atoms with Crippen LogP contribution in [-0.4, -0.2) is 55.0 Å². The first kappa shape index (κ1) is 19.8. The Labute approximate surface area is 163 Å². The number of amides is 2. The maximum absolute atomic E-state index is 12.8. The zero-order valence-electron chi connectivity index (χ0n) is 16.4. The highest BCUT2D eigenvalue weighted by Gasteiger charge is 2.36. The van der Waals surface area contributed by atoms with Crippen LogP contribution in [0.25, 0.3) is 10.2 Å². The Bertz CT molecular complexity index is 841. The minimum atomic E-state index is -0.395. The number of fused-ring (bicyclic) bond motifs is 1. The van der Waals surface area contributed by atoms with Crippen LogP contribution in [0.2, 0.25) is 0 Å². The van der Waals surface area contributed by atoms with E-state index in [9.17, 15) is 9.59 Å². The number of likely N-dealkylation sites (tertiary alicyclic amines) is 1. The number of nitrogens with one attached hydrogen (secondary N) is 1. The molecule has 1 aliphatic rings. The Kier molecular flexibility index (Phi) is 5.81. The number of hydrogen-bond donors (Lipinski definition) is 1. The van der Waals surface area contributed by atoms with Gasteiger partial charge in [-0.25, -0.2) is 4.98 Å². The molecule has 27 heavy (non-hydrogen) atoms. The maximum atomic E-state index is 12.8. The van der Waals surface area contributed by atoms with Gasteiger partial charge in [0.15, 0.2) is 0 Å². The normalized spacial score (nSPS) is 17.5. The molecule has 0 saturated carbocycles. The molecule has 1 saturated heterocycles. The molecule has 0 aliphatic carbocycles. The van der Waals surface area contributed by atoms with Gasteiger partial charge < -0.3 is 15.0 Å². The molecule has 0 bridgehead atoms. The lowest BCUT2D eigenvalue weighted by atomic mass is 9.94. The molecule has 2 amide bonds. The number of hydrogen-bond acceptors (Lipinski definition) is 5. The molecule has 1 aliphatic heterocycles. The van der Waals surface area contributed by atoms with Gasteiger partial charge in [0.2, 0.25) is 5.91 Å². The van der Waals surface area contributed by atoms with Crippen LogP contribution in [0.15, 0.2) is 18.3 Å². The monoisotopic (exact) mass is 389 g/mol. The van der Waals surface area contributed by atoms with Crippen LogP contribution in [0.3, 0.4) is 0 Å². The summed E-state index contributed by atoms with van der Waals surface area (Å²) < 4.78 is 5.02. The second kappa shape index (κ2) is 7.94. The minimum Gasteiger partial charge on any atom is -0.383 e. The van der Waals surface area contributed by atoms with E-state index in [0.29, 0.717) is 24.6 Å². The standard InChI is InChI=1S/C20H27N3O3S/c1-20(2,3)19(25)23-10-7-13(12-23)15-14-6-5-8-22-18(14)27-16(15)17(24)21-9-11-26-4/h5-6,8,13H,7,9-12H2,1-4H3,(H,21,24). The smallest absolute Gasteiger partial charge is 0.261 e. The summed E-state index contributed by atoms with van der Waals surface area (Å²) in [5, 5.41) is 3.94. The van der Waals surface area contributed by atoms with Gasteiger partial charge in [0.05, 0.1) is 11.5 Å². The molecule has 2 aromatic heterocycles. The number of methoxy groups -OCH3 is 1. The van der Waals surface area contributed by atoms with E-state index < -0.39 is 5.41 Å². The number of ether oxygens (including phenoxy) is 1. The Morgan fingerprint density at radius 1 is 1.41 bits per heavy atom. The van der Waals surface area contributed by atoms with E-state index in [1.165, 1.54) is 11.3 Å². The predicted octanol–water partition coefficient (Wildman–Crippen LogP) is 3.03. The van der Waals surface area contributed by atoms with E-state index in [-0.39, 0.29) is 17.7 Å². The third kappa shape index (κ3) is 4.14. The SMILES string of the molecule is COCCNC(=O)c1sc2ncccc2c1C1CCN(C(=O)C(C)(C)C)C1. The lowest BCUT2D eigenvalue weighted by molar-refractivity contribution is -0.138. The van der Waals surface area contributed by atoms with E-state index in [4.69, 9.17) is 4.74 Å². The van der Waals surface area contributed by atoms with Crippen LogP contribution in [0.1, 0.15) is 48.3 Å². The Hall–Kier alpha value is -1.99. The number of pyridine rings is 1. The van der Waals surface area contributed by atoms with Crippen molar-refractivity contribution in [3.8, 4) is 0 Å². The molecule has 0 spiro atoms. The minimum absolute atomic E-state index is 0.0920. The lowest BCUT2D eigenvalue weighted by Gasteiger charge is -2.25. The molecule has 3 rings (SSSR count). The zero-order valence-corrected chi connectivity index (χ0v) is 17.2. The number of rotatable bonds is 5. The van der Waals surface area contributed by atoms with Crippen molar-refractivity contribution in [2.45, 2.75) is 33.1 Å². The van der Waals surface area contributed by atoms with Gasteiger partial charge in [-0.2, -0.15) is 0 Å². The number of carbonyl (C=O) groups is 2. The molecular weight excluding hydrogens is 362 g/mol. The number of carbonyl (C=O) groups excluding carboxylic acids is 2. The van der Waals surface area contributed by atoms with Crippen LogP contribution in [0.4, 0.5) is 0 Å². The first-order chi connectivity index (χ1) is 12.8. The molecule has 1 N–H and O–H groups in total. The second-order valence-corrected chi connectivity index (χ2v) is 8.94. The third-order valence-electron chi connectivity index (χ3n) is 4.83. The van der Waals surface area contributed by atoms with Gasteiger partial charge in [-0.1, -0.05) is 26.8 Å². The lowest BCUT2D eigenvalue weighted by Crippen LogP contribution is -2.37. The molecule has 1 atom stereocenters. The summed E-state index contributed by atoms with van der Waals surface area (Å²) in [6, 6.07) is 3.92. The van der Waals surface area contributed by atoms with Gasteiger partial charge in [0.1, 0.15) is 4.83 Å². The van der Waals surface area contributed by atoms with Gasteiger partial charge in [0, 0.05) is 49.7 Å². The Morgan fingerprint density at radius 2 is 2.19 bits per heavy atom. The number of nitrogens with zero attached hydrogens (tertiary/aromatic N) is 2. The van der Waals surface area contributed by atoms with E-state index in [1.807, 2.05) is 37.8 Å². The van der Waals surface area contributed by atoms with Crippen LogP contribution in [-0.2, 0) is 9.53 Å². The van der Waals surface area contributed by atoms with Crippen molar-refractivity contribution >= 4 is 33.4 Å². The third-order valence-corrected chi connectivity index (χ3v) is 5.96. The molecule has 3 heterocycles. The molecule has 146 valence electrons. The van der Waals surface area contributed by atoms with Crippen molar-refractivity contribution in [1.82, 2.24) is 15.2 Å². The van der Waals surface area contributed by atoms with Crippen molar-refractivity contribution in [3.63, 3.8) is 0 Å². The summed E-state index contributed by atoms with van der Waals surface area (Å²) in [5.41, 5.74) is 0.635. The Balaban J connectivity index is 1.90. The van der Waals surface area contributed by atoms with Crippen molar-refractivity contribution in [1.29, 1.82) is 0 Å². The molecule has 0 aromatic carbocycles. The fourth-order valence-corrected chi connectivity index (χ4v) is 4.67. The summed E-state index contributed by atoms with van der Waals surface area (Å²) in [5.74, 6) is 0.219. The summed E-state index contributed by atoms with van der Waals surface area (Å²) in [6.45, 7) is 8.15. The van der Waals surface area contributed by atoms with Crippen LogP contribution >= 0.6 is 11.3 Å². The Morgan fingerprint density at radius 3 is 2.89 bits per heavy atom. The largest absolute Gasteiger partial charge is 0.383 e. The zero-order chi connectivity index (χ0) is 19.6. The summed E-state index contributed by atoms with van der Waals surface area (Å²) in [6.07, 6.45) is 2.61. The maximum Gasteiger partial charge on any atom is 0.261 e. The van der Waals surface area contributed by atoms with E-state index in [2.05, 4.69) is 10.3 Å². The second-order valence-electron chi connectivity index (χ2n) is 7.94. The van der Waals surface area contributed by atoms with Crippen LogP contribution < -0.4 is 5.32 Å². The molecule has 6 nitrogen and oxygen atoms in total. The van der Waals surface area contributed by atoms with E-state index in [0.717, 1.165) is 28.7 Å². The average molecular weight is 390 g/mol. The molecule has 0 radical (unpaired) electrons. The van der Waals surface area contributed by atoms with Crippen molar-refractivity contribution < 1.29 is 14.3 Å². The van der Waals surface area contributed by atoms with Crippen LogP contribution in [0.5, 0.6) is 0 Å². The highest BCUT2D eigenvalue weighted by Crippen LogP contribution is 2.40. The fraction of sp³-hybridized carbons (Fsp3) is 0.550. The van der Waals surface area contributed by atoms with Gasteiger partial charge in [-0.3, -0.25) is 9.59 Å². The van der Waals surface area contributed by atoms with Gasteiger partial charge >= 0.3 is 0 Å². The van der Waals surface area contributed by atoms with Gasteiger partial charge in [0.25, 0.3) is 5.91 Å². The molecular formula is C20H27N3O3S. The first-order valence-electron chi connectivity index (χ1n) is 9.27. The summed E-state index contributed by atoms with van der Waals surface area (Å²) in [4.78, 5) is 33.4. The first-order valence-corrected chi connectivity index (χ1v) is 10.1. The van der Waals surface area contributed by atoms with Gasteiger partial charge in [-0.15, -0.1) is 11.3 Å². The number of aromatic nitrogens is 1. The summed E-state index contributed by atoms with van der Waals surface area (Å²) in [7, 11) is 1.61. The average Bonchev–Trinajstić information content (AvgIpc) is 3.24. The quantitative estimate of drug-likeness (QED) is 0.798. The predicted molar refractivity (Wildman–Crippen MR) is 107 cm³/mol. The fourth-order valence-electron chi connectivity index (χ4n) is 3.53. The van der Waals surface area contributed by atoms with E-state index >= 15 is 0 Å². The van der Waals surface area contributed by atoms with Crippen molar-refractivity contribution in [2.24, 2.45) is 5.41 Å². The summed E-state index contributed by atoms with van der Waals surface area (Å²) >= 11 is 1.42. The van der Waals surface area contributed by atoms with Crippen molar-refractivity contribution in [3.05, 3.63) is 28.8 Å². The van der Waals surface area contributed by atoms with Gasteiger partial charge in [-0.05, 0) is 18.1 Å². The molecule has 2 aromatic rings. The molecule has 1 unspecified atom stereocenters.